The Balaban J connectivity index is 2.40. The maximum absolute atomic E-state index is 5.53. The third-order valence-electron chi connectivity index (χ3n) is 2.41. The van der Waals surface area contributed by atoms with Crippen LogP contribution in [0.5, 0.6) is 0 Å². The predicted molar refractivity (Wildman–Crippen MR) is 65.5 cm³/mol. The Morgan fingerprint density at radius 2 is 1.94 bits per heavy atom. The van der Waals surface area contributed by atoms with Crippen LogP contribution >= 0.6 is 0 Å². The summed E-state index contributed by atoms with van der Waals surface area (Å²) in [6, 6.07) is 8.06. The van der Waals surface area contributed by atoms with Gasteiger partial charge in [0.25, 0.3) is 0 Å². The lowest BCUT2D eigenvalue weighted by Gasteiger charge is -2.15. The summed E-state index contributed by atoms with van der Waals surface area (Å²) >= 11 is 0. The van der Waals surface area contributed by atoms with Gasteiger partial charge < -0.3 is 20.5 Å². The Bertz CT molecular complexity index is 288. The number of benzene rings is 1. The molecule has 3 N–H and O–H groups in total. The van der Waals surface area contributed by atoms with E-state index in [1.54, 1.807) is 14.2 Å². The number of nitrogens with two attached hydrogens (primary N) is 1. The molecule has 0 aliphatic rings. The minimum atomic E-state index is 0.0687. The predicted octanol–water partition coefficient (Wildman–Crippen LogP) is 1.22. The number of hydrogen-bond acceptors (Lipinski definition) is 4. The van der Waals surface area contributed by atoms with Gasteiger partial charge in [0.05, 0.1) is 12.7 Å². The van der Waals surface area contributed by atoms with E-state index in [1.807, 2.05) is 24.3 Å². The van der Waals surface area contributed by atoms with Crippen molar-refractivity contribution in [2.24, 2.45) is 5.73 Å². The molecule has 0 saturated carbocycles. The molecule has 1 aromatic rings. The fraction of sp³-hybridized carbons (Fsp3) is 0.500. The molecule has 0 radical (unpaired) electrons. The first kappa shape index (κ1) is 13.0. The number of hydrogen-bond donors (Lipinski definition) is 2. The molecule has 4 heteroatoms. The molecule has 90 valence electrons. The van der Waals surface area contributed by atoms with Gasteiger partial charge in [-0.1, -0.05) is 12.1 Å². The molecule has 0 heterocycles. The molecule has 0 aliphatic carbocycles. The molecule has 0 aliphatic heterocycles. The van der Waals surface area contributed by atoms with E-state index >= 15 is 0 Å². The topological polar surface area (TPSA) is 56.5 Å². The molecule has 0 saturated heterocycles. The fourth-order valence-electron chi connectivity index (χ4n) is 1.39. The lowest BCUT2D eigenvalue weighted by atomic mass is 10.2. The standard InChI is InChI=1S/C12H20N2O2/c1-15-9-12(16-2)8-14-11-5-3-10(7-13)4-6-11/h3-6,12,14H,7-9,13H2,1-2H3. The Kier molecular flexibility index (Phi) is 5.85. The third kappa shape index (κ3) is 4.18. The molecule has 16 heavy (non-hydrogen) atoms. The first-order chi connectivity index (χ1) is 7.80. The van der Waals surface area contributed by atoms with E-state index in [1.165, 1.54) is 0 Å². The molecule has 0 spiro atoms. The van der Waals surface area contributed by atoms with E-state index in [0.29, 0.717) is 13.2 Å². The second-order valence-electron chi connectivity index (χ2n) is 3.60. The van der Waals surface area contributed by atoms with Crippen molar-refractivity contribution in [1.29, 1.82) is 0 Å². The number of rotatable bonds is 7. The largest absolute Gasteiger partial charge is 0.382 e. The quantitative estimate of drug-likeness (QED) is 0.731. The highest BCUT2D eigenvalue weighted by Crippen LogP contribution is 2.09. The summed E-state index contributed by atoms with van der Waals surface area (Å²) in [5.74, 6) is 0. The van der Waals surface area contributed by atoms with Gasteiger partial charge in [-0.25, -0.2) is 0 Å². The van der Waals surface area contributed by atoms with Gasteiger partial charge in [-0.3, -0.25) is 0 Å². The second kappa shape index (κ2) is 7.22. The van der Waals surface area contributed by atoms with Gasteiger partial charge in [-0.05, 0) is 17.7 Å². The van der Waals surface area contributed by atoms with Crippen LogP contribution in [0.4, 0.5) is 5.69 Å². The SMILES string of the molecule is COCC(CNc1ccc(CN)cc1)OC. The number of nitrogens with one attached hydrogen (secondary N) is 1. The van der Waals surface area contributed by atoms with Crippen molar-refractivity contribution in [3.05, 3.63) is 29.8 Å². The van der Waals surface area contributed by atoms with Crippen LogP contribution in [0.2, 0.25) is 0 Å². The van der Waals surface area contributed by atoms with E-state index in [4.69, 9.17) is 15.2 Å². The van der Waals surface area contributed by atoms with Gasteiger partial charge in [0, 0.05) is 33.0 Å². The molecule has 4 nitrogen and oxygen atoms in total. The zero-order valence-corrected chi connectivity index (χ0v) is 9.90. The molecular weight excluding hydrogens is 204 g/mol. The molecular formula is C12H20N2O2. The van der Waals surface area contributed by atoms with E-state index in [9.17, 15) is 0 Å². The highest BCUT2D eigenvalue weighted by Gasteiger charge is 2.05. The van der Waals surface area contributed by atoms with E-state index in [2.05, 4.69) is 5.32 Å². The average Bonchev–Trinajstić information content (AvgIpc) is 2.35. The van der Waals surface area contributed by atoms with E-state index < -0.39 is 0 Å². The summed E-state index contributed by atoms with van der Waals surface area (Å²) < 4.78 is 10.3. The highest BCUT2D eigenvalue weighted by atomic mass is 16.5. The van der Waals surface area contributed by atoms with Crippen molar-refractivity contribution in [2.45, 2.75) is 12.6 Å². The van der Waals surface area contributed by atoms with Crippen LogP contribution in [0, 0.1) is 0 Å². The third-order valence-corrected chi connectivity index (χ3v) is 2.41. The first-order valence-electron chi connectivity index (χ1n) is 5.34. The van der Waals surface area contributed by atoms with Crippen LogP contribution in [0.15, 0.2) is 24.3 Å². The summed E-state index contributed by atoms with van der Waals surface area (Å²) in [6.45, 7) is 1.89. The van der Waals surface area contributed by atoms with Crippen molar-refractivity contribution >= 4 is 5.69 Å². The first-order valence-corrected chi connectivity index (χ1v) is 5.34. The maximum atomic E-state index is 5.53. The van der Waals surface area contributed by atoms with E-state index in [-0.39, 0.29) is 6.10 Å². The van der Waals surface area contributed by atoms with Gasteiger partial charge in [-0.2, -0.15) is 0 Å². The summed E-state index contributed by atoms with van der Waals surface area (Å²) in [5.41, 5.74) is 7.72. The summed E-state index contributed by atoms with van der Waals surface area (Å²) in [6.07, 6.45) is 0.0687. The fourth-order valence-corrected chi connectivity index (χ4v) is 1.39. The van der Waals surface area contributed by atoms with Crippen molar-refractivity contribution in [1.82, 2.24) is 0 Å². The monoisotopic (exact) mass is 224 g/mol. The molecule has 1 unspecified atom stereocenters. The molecule has 1 rings (SSSR count). The van der Waals surface area contributed by atoms with Gasteiger partial charge in [0.1, 0.15) is 0 Å². The lowest BCUT2D eigenvalue weighted by molar-refractivity contribution is 0.0365. The normalized spacial score (nSPS) is 12.4. The minimum Gasteiger partial charge on any atom is -0.382 e. The van der Waals surface area contributed by atoms with Crippen LogP contribution in [-0.2, 0) is 16.0 Å². The Morgan fingerprint density at radius 3 is 2.44 bits per heavy atom. The molecule has 0 aromatic heterocycles. The van der Waals surface area contributed by atoms with Gasteiger partial charge in [0.15, 0.2) is 0 Å². The smallest absolute Gasteiger partial charge is 0.0976 e. The molecule has 0 amide bonds. The molecule has 1 aromatic carbocycles. The summed E-state index contributed by atoms with van der Waals surface area (Å²) in [7, 11) is 3.35. The summed E-state index contributed by atoms with van der Waals surface area (Å²) in [5, 5.41) is 3.29. The van der Waals surface area contributed by atoms with Crippen LogP contribution in [0.25, 0.3) is 0 Å². The summed E-state index contributed by atoms with van der Waals surface area (Å²) in [4.78, 5) is 0. The van der Waals surface area contributed by atoms with Crippen molar-refractivity contribution < 1.29 is 9.47 Å². The van der Waals surface area contributed by atoms with Crippen molar-refractivity contribution in [3.8, 4) is 0 Å². The highest BCUT2D eigenvalue weighted by molar-refractivity contribution is 5.44. The van der Waals surface area contributed by atoms with Crippen LogP contribution in [0.1, 0.15) is 5.56 Å². The zero-order valence-electron chi connectivity index (χ0n) is 9.90. The van der Waals surface area contributed by atoms with Gasteiger partial charge in [-0.15, -0.1) is 0 Å². The van der Waals surface area contributed by atoms with Crippen molar-refractivity contribution in [2.75, 3.05) is 32.7 Å². The van der Waals surface area contributed by atoms with Gasteiger partial charge >= 0.3 is 0 Å². The Hall–Kier alpha value is -1.10. The van der Waals surface area contributed by atoms with Crippen LogP contribution in [0.3, 0.4) is 0 Å². The molecule has 0 fully saturated rings. The molecule has 1 atom stereocenters. The van der Waals surface area contributed by atoms with Crippen LogP contribution < -0.4 is 11.1 Å². The van der Waals surface area contributed by atoms with Crippen molar-refractivity contribution in [3.63, 3.8) is 0 Å². The molecule has 0 bridgehead atoms. The van der Waals surface area contributed by atoms with Gasteiger partial charge in [0.2, 0.25) is 0 Å². The zero-order chi connectivity index (χ0) is 11.8. The minimum absolute atomic E-state index is 0.0687. The average molecular weight is 224 g/mol. The number of methoxy groups -OCH3 is 2. The van der Waals surface area contributed by atoms with Crippen LogP contribution in [-0.4, -0.2) is 33.5 Å². The Labute approximate surface area is 96.7 Å². The second-order valence-corrected chi connectivity index (χ2v) is 3.60. The lowest BCUT2D eigenvalue weighted by Crippen LogP contribution is -2.26. The maximum Gasteiger partial charge on any atom is 0.0976 e. The number of ether oxygens (including phenoxy) is 2. The van der Waals surface area contributed by atoms with E-state index in [0.717, 1.165) is 17.8 Å². The number of anilines is 1. The Morgan fingerprint density at radius 1 is 1.25 bits per heavy atom.